The fraction of sp³-hybridized carbons (Fsp3) is 0.609. The zero-order valence-corrected chi connectivity index (χ0v) is 18.5. The normalized spacial score (nSPS) is 13.5. The van der Waals surface area contributed by atoms with Gasteiger partial charge >= 0.3 is 5.97 Å². The van der Waals surface area contributed by atoms with Gasteiger partial charge in [0.2, 0.25) is 0 Å². The first-order valence-corrected chi connectivity index (χ1v) is 13.8. The highest BCUT2D eigenvalue weighted by Crippen LogP contribution is 2.38. The Labute approximate surface area is 162 Å². The predicted octanol–water partition coefficient (Wildman–Crippen LogP) is 7.09. The van der Waals surface area contributed by atoms with Gasteiger partial charge in [-0.3, -0.25) is 4.79 Å². The van der Waals surface area contributed by atoms with E-state index in [1.807, 2.05) is 6.07 Å². The third kappa shape index (κ3) is 7.90. The van der Waals surface area contributed by atoms with Crippen molar-refractivity contribution < 1.29 is 9.53 Å². The number of rotatable bonds is 12. The maximum absolute atomic E-state index is 12.6. The number of carbonyl (C=O) groups excluding carboxylic acids is 1. The van der Waals surface area contributed by atoms with Crippen LogP contribution in [0.1, 0.15) is 63.9 Å². The molecule has 2 nitrogen and oxygen atoms in total. The zero-order chi connectivity index (χ0) is 19.4. The summed E-state index contributed by atoms with van der Waals surface area (Å²) in [5.41, 5.74) is 2.22. The molecule has 1 rings (SSSR count). The summed E-state index contributed by atoms with van der Waals surface area (Å²) >= 11 is 0. The number of esters is 1. The number of methoxy groups -OCH3 is 1. The van der Waals surface area contributed by atoms with Crippen LogP contribution in [0, 0.1) is 0 Å². The molecule has 1 aromatic carbocycles. The summed E-state index contributed by atoms with van der Waals surface area (Å²) in [5, 5.41) is 0. The van der Waals surface area contributed by atoms with Crippen LogP contribution in [-0.4, -0.2) is 21.2 Å². The Morgan fingerprint density at radius 1 is 1.00 bits per heavy atom. The zero-order valence-electron chi connectivity index (χ0n) is 17.5. The minimum absolute atomic E-state index is 0.0844. The summed E-state index contributed by atoms with van der Waals surface area (Å²) in [6, 6.07) is 10.4. The van der Waals surface area contributed by atoms with Crippen molar-refractivity contribution in [1.82, 2.24) is 0 Å². The minimum atomic E-state index is -1.75. The Morgan fingerprint density at radius 2 is 1.58 bits per heavy atom. The van der Waals surface area contributed by atoms with E-state index in [9.17, 15) is 4.79 Å². The van der Waals surface area contributed by atoms with Crippen LogP contribution < -0.4 is 0 Å². The highest BCUT2D eigenvalue weighted by Gasteiger charge is 2.37. The lowest BCUT2D eigenvalue weighted by molar-refractivity contribution is -0.139. The van der Waals surface area contributed by atoms with Gasteiger partial charge < -0.3 is 4.74 Å². The summed E-state index contributed by atoms with van der Waals surface area (Å²) in [4.78, 5) is 12.6. The molecule has 0 aliphatic carbocycles. The van der Waals surface area contributed by atoms with E-state index in [-0.39, 0.29) is 11.5 Å². The number of hydrogen-bond donors (Lipinski definition) is 0. The van der Waals surface area contributed by atoms with Crippen LogP contribution >= 0.6 is 0 Å². The summed E-state index contributed by atoms with van der Waals surface area (Å²) in [7, 11) is -0.241. The van der Waals surface area contributed by atoms with Gasteiger partial charge in [-0.1, -0.05) is 101 Å². The van der Waals surface area contributed by atoms with Crippen molar-refractivity contribution in [2.75, 3.05) is 7.11 Å². The topological polar surface area (TPSA) is 26.3 Å². The molecule has 0 amide bonds. The summed E-state index contributed by atoms with van der Waals surface area (Å²) < 4.78 is 5.18. The molecule has 3 heteroatoms. The lowest BCUT2D eigenvalue weighted by Crippen LogP contribution is -2.35. The van der Waals surface area contributed by atoms with Crippen LogP contribution in [-0.2, 0) is 9.53 Å². The molecule has 1 unspecified atom stereocenters. The number of hydrogen-bond acceptors (Lipinski definition) is 2. The van der Waals surface area contributed by atoms with E-state index in [4.69, 9.17) is 4.74 Å². The highest BCUT2D eigenvalue weighted by atomic mass is 28.3. The van der Waals surface area contributed by atoms with Gasteiger partial charge in [0.1, 0.15) is 0 Å². The van der Waals surface area contributed by atoms with E-state index in [1.54, 1.807) is 0 Å². The monoisotopic (exact) mass is 374 g/mol. The molecule has 146 valence electrons. The van der Waals surface area contributed by atoms with E-state index in [1.165, 1.54) is 57.6 Å². The van der Waals surface area contributed by atoms with Gasteiger partial charge in [-0.05, 0) is 24.0 Å². The Kier molecular flexibility index (Phi) is 10.6. The summed E-state index contributed by atoms with van der Waals surface area (Å²) in [5.74, 6) is -0.0844. The molecule has 0 aliphatic rings. The van der Waals surface area contributed by atoms with Gasteiger partial charge in [-0.2, -0.15) is 0 Å². The lowest BCUT2D eigenvalue weighted by Gasteiger charge is -2.29. The summed E-state index contributed by atoms with van der Waals surface area (Å²) in [6.45, 7) is 9.00. The first kappa shape index (κ1) is 22.7. The van der Waals surface area contributed by atoms with E-state index >= 15 is 0 Å². The molecule has 0 aliphatic heterocycles. The Balaban J connectivity index is 2.84. The van der Waals surface area contributed by atoms with Gasteiger partial charge in [-0.15, -0.1) is 0 Å². The molecule has 1 atom stereocenters. The minimum Gasteiger partial charge on any atom is -0.469 e. The van der Waals surface area contributed by atoms with Gasteiger partial charge in [0.15, 0.2) is 0 Å². The third-order valence-corrected chi connectivity index (χ3v) is 7.17. The number of ether oxygens (including phenoxy) is 1. The largest absolute Gasteiger partial charge is 0.469 e. The standard InChI is InChI=1S/C23H38O2Si/c1-6-7-8-9-10-11-12-16-19-21(20-17-14-13-15-18-20)22(23(24)25-2)26(3,4)5/h13-15,17-19,22H,6-12,16H2,1-5H3/b21-19-. The second-order valence-electron chi connectivity index (χ2n) is 8.26. The van der Waals surface area contributed by atoms with E-state index in [2.05, 4.69) is 56.9 Å². The fourth-order valence-electron chi connectivity index (χ4n) is 3.46. The lowest BCUT2D eigenvalue weighted by atomic mass is 9.99. The molecule has 0 spiro atoms. The average molecular weight is 375 g/mol. The molecule has 0 radical (unpaired) electrons. The molecule has 0 bridgehead atoms. The molecule has 0 aromatic heterocycles. The summed E-state index contributed by atoms with van der Waals surface area (Å²) in [6.07, 6.45) is 12.5. The second kappa shape index (κ2) is 12.1. The van der Waals surface area contributed by atoms with Crippen molar-refractivity contribution in [2.45, 2.75) is 83.5 Å². The van der Waals surface area contributed by atoms with Crippen LogP contribution in [0.25, 0.3) is 5.57 Å². The molecular formula is C23H38O2Si. The SMILES string of the molecule is CCCCCCCCC/C=C(/c1ccccc1)C(C(=O)OC)[Si](C)(C)C. The van der Waals surface area contributed by atoms with Crippen molar-refractivity contribution in [3.63, 3.8) is 0 Å². The fourth-order valence-corrected chi connectivity index (χ4v) is 5.50. The highest BCUT2D eigenvalue weighted by molar-refractivity contribution is 6.82. The smallest absolute Gasteiger partial charge is 0.310 e. The van der Waals surface area contributed by atoms with Gasteiger partial charge in [0, 0.05) is 0 Å². The molecule has 0 N–H and O–H groups in total. The first-order valence-electron chi connectivity index (χ1n) is 10.2. The number of benzene rings is 1. The maximum atomic E-state index is 12.6. The Bertz CT molecular complexity index is 543. The predicted molar refractivity (Wildman–Crippen MR) is 116 cm³/mol. The van der Waals surface area contributed by atoms with Crippen molar-refractivity contribution in [2.24, 2.45) is 0 Å². The van der Waals surface area contributed by atoms with E-state index in [0.717, 1.165) is 12.0 Å². The Hall–Kier alpha value is -1.35. The van der Waals surface area contributed by atoms with Crippen molar-refractivity contribution in [3.8, 4) is 0 Å². The maximum Gasteiger partial charge on any atom is 0.310 e. The molecule has 26 heavy (non-hydrogen) atoms. The quantitative estimate of drug-likeness (QED) is 0.222. The van der Waals surface area contributed by atoms with Crippen molar-refractivity contribution >= 4 is 19.6 Å². The molecule has 0 fully saturated rings. The van der Waals surface area contributed by atoms with Crippen molar-refractivity contribution in [1.29, 1.82) is 0 Å². The number of carbonyl (C=O) groups is 1. The average Bonchev–Trinajstić information content (AvgIpc) is 2.62. The van der Waals surface area contributed by atoms with Gasteiger partial charge in [0.05, 0.1) is 20.7 Å². The Morgan fingerprint density at radius 3 is 2.12 bits per heavy atom. The molecule has 0 heterocycles. The third-order valence-electron chi connectivity index (χ3n) is 4.89. The molecule has 0 saturated heterocycles. The molecule has 1 aromatic rings. The number of allylic oxidation sites excluding steroid dienone is 1. The van der Waals surface area contributed by atoms with E-state index < -0.39 is 8.07 Å². The van der Waals surface area contributed by atoms with E-state index in [0.29, 0.717) is 0 Å². The second-order valence-corrected chi connectivity index (χ2v) is 13.6. The van der Waals surface area contributed by atoms with Crippen LogP contribution in [0.15, 0.2) is 36.4 Å². The van der Waals surface area contributed by atoms with Crippen LogP contribution in [0.3, 0.4) is 0 Å². The van der Waals surface area contributed by atoms with Gasteiger partial charge in [0.25, 0.3) is 0 Å². The molecule has 0 saturated carbocycles. The van der Waals surface area contributed by atoms with Crippen LogP contribution in [0.4, 0.5) is 0 Å². The van der Waals surface area contributed by atoms with Crippen molar-refractivity contribution in [3.05, 3.63) is 42.0 Å². The van der Waals surface area contributed by atoms with Gasteiger partial charge in [-0.25, -0.2) is 0 Å². The molecular weight excluding hydrogens is 336 g/mol. The van der Waals surface area contributed by atoms with Crippen LogP contribution in [0.5, 0.6) is 0 Å². The van der Waals surface area contributed by atoms with Crippen LogP contribution in [0.2, 0.25) is 25.2 Å². The first-order chi connectivity index (χ1) is 12.4. The number of unbranched alkanes of at least 4 members (excludes halogenated alkanes) is 7.